The van der Waals surface area contributed by atoms with Gasteiger partial charge in [-0.05, 0) is 17.7 Å². The Morgan fingerprint density at radius 2 is 2.05 bits per heavy atom. The van der Waals surface area contributed by atoms with Crippen molar-refractivity contribution in [3.8, 4) is 0 Å². The number of urea groups is 1. The topological polar surface area (TPSA) is 50.4 Å². The minimum atomic E-state index is -4.39. The fourth-order valence-electron chi connectivity index (χ4n) is 1.52. The second kappa shape index (κ2) is 7.56. The van der Waals surface area contributed by atoms with Crippen molar-refractivity contribution in [3.05, 3.63) is 47.7 Å². The number of alkyl halides is 3. The molecule has 116 valence electrons. The first-order valence-corrected chi connectivity index (χ1v) is 6.22. The highest BCUT2D eigenvalue weighted by Crippen LogP contribution is 2.29. The zero-order chi connectivity index (χ0) is 15.9. The summed E-state index contributed by atoms with van der Waals surface area (Å²) in [6.45, 7) is 3.95. The number of rotatable bonds is 6. The van der Waals surface area contributed by atoms with Gasteiger partial charge in [-0.1, -0.05) is 18.7 Å². The molecule has 1 aromatic rings. The summed E-state index contributed by atoms with van der Waals surface area (Å²) >= 11 is 0. The lowest BCUT2D eigenvalue weighted by molar-refractivity contribution is -0.137. The van der Waals surface area contributed by atoms with E-state index in [0.29, 0.717) is 24.3 Å². The molecule has 0 spiro atoms. The van der Waals surface area contributed by atoms with Crippen molar-refractivity contribution < 1.29 is 22.7 Å². The molecule has 1 rings (SSSR count). The number of carbonyl (C=O) groups is 1. The van der Waals surface area contributed by atoms with Crippen molar-refractivity contribution in [2.75, 3.05) is 13.7 Å². The van der Waals surface area contributed by atoms with Gasteiger partial charge >= 0.3 is 12.2 Å². The number of ether oxygens (including phenoxy) is 1. The van der Waals surface area contributed by atoms with Gasteiger partial charge in [0.15, 0.2) is 0 Å². The number of nitrogens with one attached hydrogen (secondary N) is 2. The number of methoxy groups -OCH3 is 1. The summed E-state index contributed by atoms with van der Waals surface area (Å²) in [7, 11) is 1.48. The van der Waals surface area contributed by atoms with E-state index in [1.165, 1.54) is 19.2 Å². The molecule has 2 amide bonds. The first kappa shape index (κ1) is 16.9. The zero-order valence-electron chi connectivity index (χ0n) is 11.6. The molecule has 4 nitrogen and oxygen atoms in total. The van der Waals surface area contributed by atoms with Gasteiger partial charge in [0.25, 0.3) is 0 Å². The van der Waals surface area contributed by atoms with Crippen molar-refractivity contribution in [1.29, 1.82) is 0 Å². The molecule has 0 radical (unpaired) electrons. The predicted octanol–water partition coefficient (Wildman–Crippen LogP) is 3.05. The monoisotopic (exact) mass is 302 g/mol. The molecule has 1 aromatic carbocycles. The molecular formula is C14H17F3N2O2. The van der Waals surface area contributed by atoms with Crippen LogP contribution in [0.1, 0.15) is 17.5 Å². The Hall–Kier alpha value is -2.18. The predicted molar refractivity (Wildman–Crippen MR) is 72.4 cm³/mol. The number of halogens is 3. The summed E-state index contributed by atoms with van der Waals surface area (Å²) in [5.41, 5.74) is -0.361. The Balaban J connectivity index is 2.41. The van der Waals surface area contributed by atoms with Gasteiger partial charge in [0.05, 0.1) is 18.4 Å². The van der Waals surface area contributed by atoms with Crippen molar-refractivity contribution in [3.63, 3.8) is 0 Å². The van der Waals surface area contributed by atoms with E-state index in [0.717, 1.165) is 12.1 Å². The minimum absolute atomic E-state index is 0.0149. The molecule has 0 aliphatic heterocycles. The molecule has 0 unspecified atom stereocenters. The number of benzene rings is 1. The maximum atomic E-state index is 12.5. The average molecular weight is 302 g/mol. The van der Waals surface area contributed by atoms with E-state index in [9.17, 15) is 18.0 Å². The third-order valence-corrected chi connectivity index (χ3v) is 2.69. The minimum Gasteiger partial charge on any atom is -0.502 e. The van der Waals surface area contributed by atoms with Crippen LogP contribution >= 0.6 is 0 Å². The van der Waals surface area contributed by atoms with E-state index in [4.69, 9.17) is 4.74 Å². The van der Waals surface area contributed by atoms with Crippen LogP contribution in [-0.4, -0.2) is 19.7 Å². The zero-order valence-corrected chi connectivity index (χ0v) is 11.6. The Labute approximate surface area is 121 Å². The van der Waals surface area contributed by atoms with Gasteiger partial charge < -0.3 is 15.4 Å². The molecule has 0 atom stereocenters. The Morgan fingerprint density at radius 1 is 1.33 bits per heavy atom. The third kappa shape index (κ3) is 6.20. The smallest absolute Gasteiger partial charge is 0.416 e. The summed E-state index contributed by atoms with van der Waals surface area (Å²) in [6, 6.07) is 4.35. The largest absolute Gasteiger partial charge is 0.502 e. The van der Waals surface area contributed by atoms with Crippen LogP contribution in [0.5, 0.6) is 0 Å². The van der Waals surface area contributed by atoms with Crippen LogP contribution in [0.3, 0.4) is 0 Å². The van der Waals surface area contributed by atoms with Crippen LogP contribution < -0.4 is 10.6 Å². The lowest BCUT2D eigenvalue weighted by atomic mass is 10.1. The summed E-state index contributed by atoms with van der Waals surface area (Å²) in [5, 5.41) is 5.03. The fraction of sp³-hybridized carbons (Fsp3) is 0.357. The highest BCUT2D eigenvalue weighted by atomic mass is 19.4. The molecule has 0 bridgehead atoms. The van der Waals surface area contributed by atoms with Gasteiger partial charge in [0, 0.05) is 19.5 Å². The SMILES string of the molecule is C=C(CCNC(=O)NCc1cccc(C(F)(F)F)c1)OC. The maximum Gasteiger partial charge on any atom is 0.416 e. The second-order valence-electron chi connectivity index (χ2n) is 4.30. The summed E-state index contributed by atoms with van der Waals surface area (Å²) in [5.74, 6) is 0.535. The summed E-state index contributed by atoms with van der Waals surface area (Å²) < 4.78 is 42.4. The lowest BCUT2D eigenvalue weighted by Crippen LogP contribution is -2.35. The first-order chi connectivity index (χ1) is 9.82. The molecule has 0 aliphatic carbocycles. The molecule has 0 fully saturated rings. The molecular weight excluding hydrogens is 285 g/mol. The quantitative estimate of drug-likeness (QED) is 0.794. The van der Waals surface area contributed by atoms with Crippen LogP contribution in [0.15, 0.2) is 36.6 Å². The van der Waals surface area contributed by atoms with Gasteiger partial charge in [-0.25, -0.2) is 4.79 Å². The summed E-state index contributed by atoms with van der Waals surface area (Å²) in [4.78, 5) is 11.5. The van der Waals surface area contributed by atoms with Crippen molar-refractivity contribution in [2.24, 2.45) is 0 Å². The van der Waals surface area contributed by atoms with E-state index >= 15 is 0 Å². The van der Waals surface area contributed by atoms with Gasteiger partial charge in [-0.15, -0.1) is 0 Å². The van der Waals surface area contributed by atoms with Crippen LogP contribution in [0, 0.1) is 0 Å². The Morgan fingerprint density at radius 3 is 2.67 bits per heavy atom. The standard InChI is InChI=1S/C14H17F3N2O2/c1-10(21-2)6-7-18-13(20)19-9-11-4-3-5-12(8-11)14(15,16)17/h3-5,8H,1,6-7,9H2,2H3,(H2,18,19,20). The highest BCUT2D eigenvalue weighted by molar-refractivity contribution is 5.73. The molecule has 0 aliphatic rings. The number of carbonyl (C=O) groups excluding carboxylic acids is 1. The van der Waals surface area contributed by atoms with Crippen LogP contribution in [-0.2, 0) is 17.5 Å². The average Bonchev–Trinajstić information content (AvgIpc) is 2.44. The number of hydrogen-bond donors (Lipinski definition) is 2. The van der Waals surface area contributed by atoms with E-state index in [2.05, 4.69) is 17.2 Å². The van der Waals surface area contributed by atoms with E-state index < -0.39 is 17.8 Å². The van der Waals surface area contributed by atoms with E-state index in [1.54, 1.807) is 0 Å². The van der Waals surface area contributed by atoms with Gasteiger partial charge in [-0.3, -0.25) is 0 Å². The molecule has 7 heteroatoms. The number of amides is 2. The van der Waals surface area contributed by atoms with E-state index in [1.807, 2.05) is 0 Å². The molecule has 0 aromatic heterocycles. The van der Waals surface area contributed by atoms with E-state index in [-0.39, 0.29) is 6.54 Å². The third-order valence-electron chi connectivity index (χ3n) is 2.69. The molecule has 0 heterocycles. The van der Waals surface area contributed by atoms with Crippen LogP contribution in [0.4, 0.5) is 18.0 Å². The van der Waals surface area contributed by atoms with Gasteiger partial charge in [0.2, 0.25) is 0 Å². The van der Waals surface area contributed by atoms with Gasteiger partial charge in [-0.2, -0.15) is 13.2 Å². The van der Waals surface area contributed by atoms with Crippen molar-refractivity contribution in [1.82, 2.24) is 10.6 Å². The van der Waals surface area contributed by atoms with Gasteiger partial charge in [0.1, 0.15) is 0 Å². The van der Waals surface area contributed by atoms with Crippen LogP contribution in [0.2, 0.25) is 0 Å². The highest BCUT2D eigenvalue weighted by Gasteiger charge is 2.30. The Kier molecular flexibility index (Phi) is 6.08. The van der Waals surface area contributed by atoms with Crippen molar-refractivity contribution in [2.45, 2.75) is 19.1 Å². The maximum absolute atomic E-state index is 12.5. The first-order valence-electron chi connectivity index (χ1n) is 6.22. The molecule has 0 saturated carbocycles. The summed E-state index contributed by atoms with van der Waals surface area (Å²) in [6.07, 6.45) is -3.92. The lowest BCUT2D eigenvalue weighted by Gasteiger charge is -2.10. The van der Waals surface area contributed by atoms with Crippen molar-refractivity contribution >= 4 is 6.03 Å². The molecule has 21 heavy (non-hydrogen) atoms. The molecule has 2 N–H and O–H groups in total. The normalized spacial score (nSPS) is 10.9. The Bertz CT molecular complexity index is 501. The molecule has 0 saturated heterocycles. The van der Waals surface area contributed by atoms with Crippen LogP contribution in [0.25, 0.3) is 0 Å². The second-order valence-corrected chi connectivity index (χ2v) is 4.30. The number of hydrogen-bond acceptors (Lipinski definition) is 2. The fourth-order valence-corrected chi connectivity index (χ4v) is 1.52.